The molecular formula is C15H24O. The number of aliphatic hydroxyl groups is 1. The Bertz CT molecular complexity index is 315. The second-order valence-electron chi connectivity index (χ2n) is 5.90. The van der Waals surface area contributed by atoms with Crippen molar-refractivity contribution in [2.75, 3.05) is 6.61 Å². The van der Waals surface area contributed by atoms with E-state index < -0.39 is 0 Å². The van der Waals surface area contributed by atoms with Crippen LogP contribution in [0.15, 0.2) is 23.8 Å². The van der Waals surface area contributed by atoms with Crippen molar-refractivity contribution < 1.29 is 5.11 Å². The highest BCUT2D eigenvalue weighted by Crippen LogP contribution is 2.60. The van der Waals surface area contributed by atoms with Crippen molar-refractivity contribution in [2.24, 2.45) is 17.3 Å². The number of hydrogen-bond donors (Lipinski definition) is 1. The minimum absolute atomic E-state index is 0.198. The van der Waals surface area contributed by atoms with E-state index in [-0.39, 0.29) is 6.61 Å². The van der Waals surface area contributed by atoms with Gasteiger partial charge in [0, 0.05) is 0 Å². The van der Waals surface area contributed by atoms with Gasteiger partial charge < -0.3 is 5.11 Å². The molecular weight excluding hydrogens is 196 g/mol. The summed E-state index contributed by atoms with van der Waals surface area (Å²) >= 11 is 0. The Hall–Kier alpha value is -0.560. The topological polar surface area (TPSA) is 20.2 Å². The van der Waals surface area contributed by atoms with Crippen LogP contribution in [0.1, 0.15) is 46.0 Å². The molecule has 2 saturated carbocycles. The monoisotopic (exact) mass is 220 g/mol. The van der Waals surface area contributed by atoms with Gasteiger partial charge in [0.05, 0.1) is 6.61 Å². The fourth-order valence-corrected chi connectivity index (χ4v) is 3.65. The lowest BCUT2D eigenvalue weighted by Gasteiger charge is -2.36. The molecule has 0 radical (unpaired) electrons. The van der Waals surface area contributed by atoms with Gasteiger partial charge in [0.1, 0.15) is 0 Å². The summed E-state index contributed by atoms with van der Waals surface area (Å²) in [5, 5.41) is 8.96. The third-order valence-corrected chi connectivity index (χ3v) is 4.97. The molecule has 2 bridgehead atoms. The zero-order chi connectivity index (χ0) is 11.8. The third-order valence-electron chi connectivity index (χ3n) is 4.97. The van der Waals surface area contributed by atoms with Crippen molar-refractivity contribution in [3.8, 4) is 0 Å². The number of rotatable bonds is 4. The van der Waals surface area contributed by atoms with E-state index in [2.05, 4.69) is 19.6 Å². The molecule has 2 fully saturated rings. The summed E-state index contributed by atoms with van der Waals surface area (Å²) in [6.45, 7) is 8.94. The second-order valence-corrected chi connectivity index (χ2v) is 5.90. The molecule has 0 aromatic rings. The van der Waals surface area contributed by atoms with E-state index in [1.54, 1.807) is 0 Å². The molecule has 2 aliphatic carbocycles. The molecule has 0 heterocycles. The van der Waals surface area contributed by atoms with E-state index in [1.165, 1.54) is 31.3 Å². The molecule has 1 unspecified atom stereocenters. The first-order chi connectivity index (χ1) is 7.58. The highest BCUT2D eigenvalue weighted by molar-refractivity contribution is 5.24. The molecule has 1 heteroatoms. The quantitative estimate of drug-likeness (QED) is 0.716. The highest BCUT2D eigenvalue weighted by atomic mass is 16.3. The molecule has 2 rings (SSSR count). The van der Waals surface area contributed by atoms with Crippen LogP contribution in [-0.2, 0) is 0 Å². The summed E-state index contributed by atoms with van der Waals surface area (Å²) in [7, 11) is 0. The van der Waals surface area contributed by atoms with Gasteiger partial charge in [-0.05, 0) is 56.3 Å². The fourth-order valence-electron chi connectivity index (χ4n) is 3.65. The highest BCUT2D eigenvalue weighted by Gasteiger charge is 2.49. The van der Waals surface area contributed by atoms with Gasteiger partial charge in [-0.1, -0.05) is 30.7 Å². The molecule has 0 aromatic carbocycles. The van der Waals surface area contributed by atoms with Crippen LogP contribution in [0.2, 0.25) is 0 Å². The summed E-state index contributed by atoms with van der Waals surface area (Å²) < 4.78 is 0. The smallest absolute Gasteiger partial charge is 0.0639 e. The Kier molecular flexibility index (Phi) is 3.25. The second kappa shape index (κ2) is 4.37. The molecule has 2 aliphatic rings. The van der Waals surface area contributed by atoms with Crippen LogP contribution < -0.4 is 0 Å². The molecule has 0 saturated heterocycles. The number of fused-ring (bicyclic) bond motifs is 2. The van der Waals surface area contributed by atoms with Gasteiger partial charge in [-0.15, -0.1) is 0 Å². The summed E-state index contributed by atoms with van der Waals surface area (Å²) in [6.07, 6.45) is 8.66. The molecule has 1 nitrogen and oxygen atoms in total. The zero-order valence-corrected chi connectivity index (χ0v) is 10.6. The Morgan fingerprint density at radius 1 is 1.56 bits per heavy atom. The third kappa shape index (κ3) is 1.86. The maximum absolute atomic E-state index is 8.96. The maximum atomic E-state index is 8.96. The molecule has 1 N–H and O–H groups in total. The first kappa shape index (κ1) is 11.9. The van der Waals surface area contributed by atoms with Gasteiger partial charge in [-0.2, -0.15) is 0 Å². The van der Waals surface area contributed by atoms with Crippen molar-refractivity contribution >= 4 is 0 Å². The number of hydrogen-bond acceptors (Lipinski definition) is 1. The van der Waals surface area contributed by atoms with Gasteiger partial charge in [-0.3, -0.25) is 0 Å². The van der Waals surface area contributed by atoms with Crippen molar-refractivity contribution in [3.05, 3.63) is 23.8 Å². The van der Waals surface area contributed by atoms with Crippen LogP contribution in [0.25, 0.3) is 0 Å². The lowest BCUT2D eigenvalue weighted by Crippen LogP contribution is -2.26. The molecule has 90 valence electrons. The average molecular weight is 220 g/mol. The first-order valence-corrected chi connectivity index (χ1v) is 6.53. The largest absolute Gasteiger partial charge is 0.392 e. The molecule has 0 amide bonds. The van der Waals surface area contributed by atoms with Crippen LogP contribution in [0.5, 0.6) is 0 Å². The number of allylic oxidation sites excluding steroid dienone is 2. The summed E-state index contributed by atoms with van der Waals surface area (Å²) in [5.41, 5.74) is 2.99. The van der Waals surface area contributed by atoms with Crippen molar-refractivity contribution in [1.82, 2.24) is 0 Å². The van der Waals surface area contributed by atoms with Crippen LogP contribution in [0.4, 0.5) is 0 Å². The van der Waals surface area contributed by atoms with Crippen LogP contribution in [0, 0.1) is 17.3 Å². The summed E-state index contributed by atoms with van der Waals surface area (Å²) in [4.78, 5) is 0. The van der Waals surface area contributed by atoms with Gasteiger partial charge in [-0.25, -0.2) is 0 Å². The van der Waals surface area contributed by atoms with Crippen LogP contribution in [0.3, 0.4) is 0 Å². The summed E-state index contributed by atoms with van der Waals surface area (Å²) in [5.74, 6) is 1.70. The Labute approximate surface area is 99.3 Å². The summed E-state index contributed by atoms with van der Waals surface area (Å²) in [6, 6.07) is 0. The minimum atomic E-state index is 0.198. The molecule has 0 aromatic heterocycles. The lowest BCUT2D eigenvalue weighted by molar-refractivity contribution is 0.240. The van der Waals surface area contributed by atoms with E-state index in [0.29, 0.717) is 5.41 Å². The van der Waals surface area contributed by atoms with Crippen molar-refractivity contribution in [2.45, 2.75) is 46.0 Å². The predicted octanol–water partition coefficient (Wildman–Crippen LogP) is 3.70. The van der Waals surface area contributed by atoms with Gasteiger partial charge in [0.2, 0.25) is 0 Å². The van der Waals surface area contributed by atoms with E-state index in [1.807, 2.05) is 6.92 Å². The standard InChI is InChI=1S/C15H24O/c1-11(10-16)5-4-8-15(3)12(2)13-6-7-14(15)9-13/h5,13-14,16H,2,4,6-10H2,1,3H3/t13-,14+,15?/m0/s1. The predicted molar refractivity (Wildman–Crippen MR) is 68.2 cm³/mol. The van der Waals surface area contributed by atoms with Gasteiger partial charge in [0.15, 0.2) is 0 Å². The maximum Gasteiger partial charge on any atom is 0.0639 e. The van der Waals surface area contributed by atoms with E-state index in [0.717, 1.165) is 23.8 Å². The normalized spacial score (nSPS) is 38.4. The van der Waals surface area contributed by atoms with E-state index >= 15 is 0 Å². The molecule has 0 aliphatic heterocycles. The fraction of sp³-hybridized carbons (Fsp3) is 0.733. The first-order valence-electron chi connectivity index (χ1n) is 6.53. The molecule has 3 atom stereocenters. The van der Waals surface area contributed by atoms with Gasteiger partial charge >= 0.3 is 0 Å². The van der Waals surface area contributed by atoms with Crippen molar-refractivity contribution in [3.63, 3.8) is 0 Å². The van der Waals surface area contributed by atoms with E-state index in [9.17, 15) is 0 Å². The zero-order valence-electron chi connectivity index (χ0n) is 10.6. The van der Waals surface area contributed by atoms with E-state index in [4.69, 9.17) is 5.11 Å². The SMILES string of the molecule is C=C1[C@H]2CC[C@H](C2)C1(C)CCC=C(C)CO. The lowest BCUT2D eigenvalue weighted by atomic mass is 9.69. The Balaban J connectivity index is 1.96. The Morgan fingerprint density at radius 2 is 2.31 bits per heavy atom. The molecule has 16 heavy (non-hydrogen) atoms. The van der Waals surface area contributed by atoms with Gasteiger partial charge in [0.25, 0.3) is 0 Å². The number of aliphatic hydroxyl groups excluding tert-OH is 1. The average Bonchev–Trinajstić information content (AvgIpc) is 2.83. The molecule has 0 spiro atoms. The van der Waals surface area contributed by atoms with Crippen molar-refractivity contribution in [1.29, 1.82) is 0 Å². The van der Waals surface area contributed by atoms with Crippen LogP contribution >= 0.6 is 0 Å². The Morgan fingerprint density at radius 3 is 2.88 bits per heavy atom. The minimum Gasteiger partial charge on any atom is -0.392 e. The van der Waals surface area contributed by atoms with Crippen LogP contribution in [-0.4, -0.2) is 11.7 Å².